The number of ketones is 1. The highest BCUT2D eigenvalue weighted by Crippen LogP contribution is 2.38. The smallest absolute Gasteiger partial charge is 0.203 e. The van der Waals surface area contributed by atoms with Gasteiger partial charge in [0.15, 0.2) is 17.3 Å². The van der Waals surface area contributed by atoms with E-state index >= 15 is 0 Å². The Bertz CT molecular complexity index is 1090. The molecule has 0 aliphatic rings. The Morgan fingerprint density at radius 3 is 1.97 bits per heavy atom. The molecule has 3 aromatic rings. The molecule has 0 radical (unpaired) electrons. The number of carbonyl (C=O) groups is 1. The van der Waals surface area contributed by atoms with E-state index in [9.17, 15) is 9.90 Å². The normalized spacial score (nSPS) is 11.0. The van der Waals surface area contributed by atoms with Gasteiger partial charge in [-0.25, -0.2) is 0 Å². The van der Waals surface area contributed by atoms with Crippen LogP contribution in [0.4, 0.5) is 5.69 Å². The molecule has 0 bridgehead atoms. The number of methoxy groups -OCH3 is 3. The number of ether oxygens (including phenoxy) is 3. The molecule has 3 rings (SSSR count). The van der Waals surface area contributed by atoms with Gasteiger partial charge < -0.3 is 24.6 Å². The summed E-state index contributed by atoms with van der Waals surface area (Å²) in [6.07, 6.45) is 6.98. The molecular formula is C26H25NO5. The predicted molar refractivity (Wildman–Crippen MR) is 127 cm³/mol. The number of carbonyl (C=O) groups excluding carboxylic acids is 1. The van der Waals surface area contributed by atoms with Gasteiger partial charge in [-0.05, 0) is 59.7 Å². The van der Waals surface area contributed by atoms with Crippen molar-refractivity contribution in [1.82, 2.24) is 0 Å². The monoisotopic (exact) mass is 431 g/mol. The Balaban J connectivity index is 1.64. The summed E-state index contributed by atoms with van der Waals surface area (Å²) >= 11 is 0. The molecule has 0 aliphatic carbocycles. The Morgan fingerprint density at radius 2 is 1.41 bits per heavy atom. The van der Waals surface area contributed by atoms with Crippen molar-refractivity contribution in [2.75, 3.05) is 26.6 Å². The largest absolute Gasteiger partial charge is 0.508 e. The molecule has 164 valence electrons. The minimum Gasteiger partial charge on any atom is -0.508 e. The first-order valence-electron chi connectivity index (χ1n) is 9.88. The summed E-state index contributed by atoms with van der Waals surface area (Å²) in [4.78, 5) is 12.1. The lowest BCUT2D eigenvalue weighted by molar-refractivity contribution is 0.104. The topological polar surface area (TPSA) is 77.0 Å². The summed E-state index contributed by atoms with van der Waals surface area (Å²) in [6, 6.07) is 17.7. The number of rotatable bonds is 9. The van der Waals surface area contributed by atoms with Gasteiger partial charge in [0.2, 0.25) is 5.75 Å². The van der Waals surface area contributed by atoms with Crippen LogP contribution >= 0.6 is 0 Å². The minimum atomic E-state index is -0.151. The van der Waals surface area contributed by atoms with Crippen molar-refractivity contribution in [2.24, 2.45) is 0 Å². The molecular weight excluding hydrogens is 406 g/mol. The molecule has 0 saturated carbocycles. The van der Waals surface area contributed by atoms with Gasteiger partial charge in [-0.1, -0.05) is 24.3 Å². The van der Waals surface area contributed by atoms with Gasteiger partial charge >= 0.3 is 0 Å². The third-order valence-electron chi connectivity index (χ3n) is 4.70. The fourth-order valence-corrected chi connectivity index (χ4v) is 3.02. The molecule has 0 atom stereocenters. The zero-order chi connectivity index (χ0) is 22.9. The second-order valence-corrected chi connectivity index (χ2v) is 6.80. The molecule has 0 saturated heterocycles. The van der Waals surface area contributed by atoms with Crippen molar-refractivity contribution in [3.63, 3.8) is 0 Å². The first-order chi connectivity index (χ1) is 15.5. The van der Waals surface area contributed by atoms with Gasteiger partial charge in [-0.3, -0.25) is 4.79 Å². The van der Waals surface area contributed by atoms with Crippen LogP contribution in [-0.2, 0) is 0 Å². The van der Waals surface area contributed by atoms with Crippen LogP contribution in [0, 0.1) is 0 Å². The van der Waals surface area contributed by atoms with Gasteiger partial charge in [0.05, 0.1) is 21.3 Å². The third-order valence-corrected chi connectivity index (χ3v) is 4.70. The number of hydrogen-bond acceptors (Lipinski definition) is 6. The molecule has 2 N–H and O–H groups in total. The number of anilines is 1. The quantitative estimate of drug-likeness (QED) is 0.268. The van der Waals surface area contributed by atoms with E-state index in [1.165, 1.54) is 18.2 Å². The van der Waals surface area contributed by atoms with Crippen molar-refractivity contribution in [2.45, 2.75) is 0 Å². The van der Waals surface area contributed by atoms with E-state index < -0.39 is 0 Å². The Hall–Kier alpha value is -4.19. The fourth-order valence-electron chi connectivity index (χ4n) is 3.02. The fraction of sp³-hybridized carbons (Fsp3) is 0.115. The lowest BCUT2D eigenvalue weighted by atomic mass is 10.1. The molecule has 0 aromatic heterocycles. The van der Waals surface area contributed by atoms with E-state index in [1.54, 1.807) is 39.7 Å². The van der Waals surface area contributed by atoms with Gasteiger partial charge in [-0.15, -0.1) is 0 Å². The van der Waals surface area contributed by atoms with Crippen LogP contribution in [0.25, 0.3) is 12.2 Å². The van der Waals surface area contributed by atoms with Crippen LogP contribution in [0.2, 0.25) is 0 Å². The van der Waals surface area contributed by atoms with E-state index in [1.807, 2.05) is 48.6 Å². The van der Waals surface area contributed by atoms with Crippen molar-refractivity contribution < 1.29 is 24.1 Å². The molecule has 6 heteroatoms. The number of nitrogens with one attached hydrogen (secondary N) is 1. The summed E-state index contributed by atoms with van der Waals surface area (Å²) in [5, 5.41) is 12.4. The van der Waals surface area contributed by atoms with Crippen molar-refractivity contribution in [3.8, 4) is 23.0 Å². The van der Waals surface area contributed by atoms with Gasteiger partial charge in [0.1, 0.15) is 5.75 Å². The Kier molecular flexibility index (Phi) is 7.54. The molecule has 0 amide bonds. The maximum atomic E-state index is 12.1. The Morgan fingerprint density at radius 1 is 0.812 bits per heavy atom. The maximum Gasteiger partial charge on any atom is 0.203 e. The second kappa shape index (κ2) is 10.7. The van der Waals surface area contributed by atoms with Crippen LogP contribution in [-0.4, -0.2) is 32.2 Å². The van der Waals surface area contributed by atoms with Gasteiger partial charge in [0.25, 0.3) is 0 Å². The van der Waals surface area contributed by atoms with Gasteiger partial charge in [-0.2, -0.15) is 0 Å². The molecule has 0 aliphatic heterocycles. The number of aromatic hydroxyl groups is 1. The molecule has 0 unspecified atom stereocenters. The summed E-state index contributed by atoms with van der Waals surface area (Å²) in [6.45, 7) is 0. The highest BCUT2D eigenvalue weighted by molar-refractivity contribution is 6.04. The molecule has 3 aromatic carbocycles. The zero-order valence-electron chi connectivity index (χ0n) is 18.2. The standard InChI is InChI=1S/C26H25NO5/c1-30-24-16-19(17-25(31-2)26(24)32-3)5-4-18-6-10-21(11-7-18)27-15-14-23(29)20-8-12-22(28)13-9-20/h4-17,27-28H,1-3H3. The number of benzene rings is 3. The minimum absolute atomic E-state index is 0.128. The van der Waals surface area contributed by atoms with Crippen LogP contribution in [0.5, 0.6) is 23.0 Å². The average Bonchev–Trinajstić information content (AvgIpc) is 2.83. The van der Waals surface area contributed by atoms with Crippen LogP contribution < -0.4 is 19.5 Å². The SMILES string of the molecule is COc1cc(C=Cc2ccc(NC=CC(=O)c3ccc(O)cc3)cc2)cc(OC)c1OC. The first kappa shape index (κ1) is 22.5. The van der Waals surface area contributed by atoms with E-state index in [2.05, 4.69) is 5.32 Å². The van der Waals surface area contributed by atoms with Crippen molar-refractivity contribution in [3.05, 3.63) is 89.6 Å². The second-order valence-electron chi connectivity index (χ2n) is 6.80. The number of phenolic OH excluding ortho intramolecular Hbond substituents is 1. The molecule has 0 fully saturated rings. The number of phenols is 1. The summed E-state index contributed by atoms with van der Waals surface area (Å²) < 4.78 is 16.1. The highest BCUT2D eigenvalue weighted by atomic mass is 16.5. The van der Waals surface area contributed by atoms with E-state index in [0.717, 1.165) is 16.8 Å². The van der Waals surface area contributed by atoms with Crippen LogP contribution in [0.3, 0.4) is 0 Å². The van der Waals surface area contributed by atoms with Crippen LogP contribution in [0.1, 0.15) is 21.5 Å². The Labute approximate surface area is 187 Å². The molecule has 6 nitrogen and oxygen atoms in total. The van der Waals surface area contributed by atoms with Crippen molar-refractivity contribution in [1.29, 1.82) is 0 Å². The maximum absolute atomic E-state index is 12.1. The predicted octanol–water partition coefficient (Wildman–Crippen LogP) is 5.40. The summed E-state index contributed by atoms with van der Waals surface area (Å²) in [5.41, 5.74) is 3.28. The average molecular weight is 431 g/mol. The van der Waals surface area contributed by atoms with Crippen LogP contribution in [0.15, 0.2) is 72.9 Å². The summed E-state index contributed by atoms with van der Waals surface area (Å²) in [7, 11) is 4.75. The van der Waals surface area contributed by atoms with E-state index in [0.29, 0.717) is 22.8 Å². The van der Waals surface area contributed by atoms with E-state index in [4.69, 9.17) is 14.2 Å². The van der Waals surface area contributed by atoms with Crippen molar-refractivity contribution >= 4 is 23.6 Å². The third kappa shape index (κ3) is 5.70. The number of hydrogen-bond donors (Lipinski definition) is 2. The number of allylic oxidation sites excluding steroid dienone is 1. The lowest BCUT2D eigenvalue weighted by Crippen LogP contribution is -1.96. The summed E-state index contributed by atoms with van der Waals surface area (Å²) in [5.74, 6) is 1.73. The molecule has 32 heavy (non-hydrogen) atoms. The van der Waals surface area contributed by atoms with Gasteiger partial charge in [0, 0.05) is 23.5 Å². The zero-order valence-corrected chi connectivity index (χ0v) is 18.2. The van der Waals surface area contributed by atoms with E-state index in [-0.39, 0.29) is 11.5 Å². The first-order valence-corrected chi connectivity index (χ1v) is 9.88. The molecule has 0 spiro atoms. The lowest BCUT2D eigenvalue weighted by Gasteiger charge is -2.12. The molecule has 0 heterocycles. The highest BCUT2D eigenvalue weighted by Gasteiger charge is 2.11.